The molecule has 11 rings (SSSR count). The van der Waals surface area contributed by atoms with Gasteiger partial charge in [-0.15, -0.1) is 0 Å². The SMILES string of the molecule is Nc1ccc2[nH]c3ccc(N)cc3c2c1.Nc1ccc2ccc3c(N)ccc4ccc1c2c43.Nc1ccc2ccc3ccc(N)c4ccc1c2c34. The number of nitrogens with one attached hydrogen (secondary N) is 1. The van der Waals surface area contributed by atoms with E-state index in [1.807, 2.05) is 60.7 Å². The molecule has 0 amide bonds. The molecule has 0 saturated carbocycles. The highest BCUT2D eigenvalue weighted by atomic mass is 14.7. The van der Waals surface area contributed by atoms with Crippen LogP contribution in [0, 0.1) is 0 Å². The minimum Gasteiger partial charge on any atom is -0.399 e. The quantitative estimate of drug-likeness (QED) is 0.0629. The average molecular weight is 662 g/mol. The highest BCUT2D eigenvalue weighted by Gasteiger charge is 2.12. The van der Waals surface area contributed by atoms with Crippen LogP contribution in [0.15, 0.2) is 133 Å². The number of nitrogen functional groups attached to an aromatic ring is 6. The predicted octanol–water partition coefficient (Wildman–Crippen LogP) is 9.98. The smallest absolute Gasteiger partial charge is 0.0466 e. The molecule has 10 aromatic carbocycles. The fraction of sp³-hybridized carbons (Fsp3) is 0. The van der Waals surface area contributed by atoms with Gasteiger partial charge in [0.1, 0.15) is 0 Å². The summed E-state index contributed by atoms with van der Waals surface area (Å²) in [5.41, 5.74) is 42.8. The second kappa shape index (κ2) is 11.2. The summed E-state index contributed by atoms with van der Waals surface area (Å²) >= 11 is 0. The van der Waals surface area contributed by atoms with Crippen molar-refractivity contribution in [3.8, 4) is 0 Å². The van der Waals surface area contributed by atoms with Crippen molar-refractivity contribution >= 4 is 121 Å². The third kappa shape index (κ3) is 4.75. The van der Waals surface area contributed by atoms with Crippen LogP contribution in [0.25, 0.3) is 86.4 Å². The van der Waals surface area contributed by atoms with Crippen molar-refractivity contribution in [2.24, 2.45) is 0 Å². The van der Waals surface area contributed by atoms with E-state index in [4.69, 9.17) is 34.4 Å². The highest BCUT2D eigenvalue weighted by molar-refractivity contribution is 6.28. The van der Waals surface area contributed by atoms with Crippen LogP contribution in [-0.2, 0) is 0 Å². The molecule has 51 heavy (non-hydrogen) atoms. The Balaban J connectivity index is 0.000000103. The zero-order chi connectivity index (χ0) is 35.0. The van der Waals surface area contributed by atoms with Crippen molar-refractivity contribution in [2.45, 2.75) is 0 Å². The molecule has 0 bridgehead atoms. The number of aromatic amines is 1. The molecule has 0 aliphatic heterocycles. The molecule has 0 aliphatic rings. The van der Waals surface area contributed by atoms with Crippen molar-refractivity contribution in [3.63, 3.8) is 0 Å². The predicted molar refractivity (Wildman–Crippen MR) is 223 cm³/mol. The van der Waals surface area contributed by atoms with E-state index < -0.39 is 0 Å². The van der Waals surface area contributed by atoms with Crippen molar-refractivity contribution < 1.29 is 0 Å². The Hall–Kier alpha value is -7.12. The van der Waals surface area contributed by atoms with Gasteiger partial charge in [0.25, 0.3) is 0 Å². The van der Waals surface area contributed by atoms with Gasteiger partial charge < -0.3 is 39.4 Å². The third-order valence-electron chi connectivity index (χ3n) is 10.1. The molecule has 13 N–H and O–H groups in total. The third-order valence-corrected chi connectivity index (χ3v) is 10.1. The van der Waals surface area contributed by atoms with Gasteiger partial charge in [-0.05, 0) is 104 Å². The molecule has 1 heterocycles. The van der Waals surface area contributed by atoms with E-state index in [1.165, 1.54) is 43.1 Å². The molecule has 0 aliphatic carbocycles. The summed E-state index contributed by atoms with van der Waals surface area (Å²) in [7, 11) is 0. The topological polar surface area (TPSA) is 172 Å². The van der Waals surface area contributed by atoms with E-state index in [2.05, 4.69) is 77.8 Å². The minimum absolute atomic E-state index is 0.769. The number of hydrogen-bond donors (Lipinski definition) is 7. The Morgan fingerprint density at radius 1 is 0.275 bits per heavy atom. The van der Waals surface area contributed by atoms with Crippen LogP contribution in [0.5, 0.6) is 0 Å². The van der Waals surface area contributed by atoms with Gasteiger partial charge in [0.2, 0.25) is 0 Å². The van der Waals surface area contributed by atoms with Gasteiger partial charge in [0, 0.05) is 77.5 Å². The summed E-state index contributed by atoms with van der Waals surface area (Å²) in [6.07, 6.45) is 0. The Bertz CT molecular complexity index is 2800. The Morgan fingerprint density at radius 3 is 0.882 bits per heavy atom. The summed E-state index contributed by atoms with van der Waals surface area (Å²) in [5.74, 6) is 0. The van der Waals surface area contributed by atoms with Crippen LogP contribution in [0.1, 0.15) is 0 Å². The lowest BCUT2D eigenvalue weighted by Crippen LogP contribution is -1.92. The maximum atomic E-state index is 6.07. The van der Waals surface area contributed by atoms with Crippen molar-refractivity contribution in [2.75, 3.05) is 34.4 Å². The number of rotatable bonds is 0. The lowest BCUT2D eigenvalue weighted by molar-refractivity contribution is 1.54. The first-order valence-electron chi connectivity index (χ1n) is 16.7. The lowest BCUT2D eigenvalue weighted by Gasteiger charge is -2.13. The number of nitrogens with two attached hydrogens (primary N) is 6. The number of aromatic nitrogens is 1. The van der Waals surface area contributed by atoms with E-state index in [0.717, 1.165) is 77.5 Å². The van der Waals surface area contributed by atoms with Crippen LogP contribution in [0.4, 0.5) is 34.1 Å². The van der Waals surface area contributed by atoms with Gasteiger partial charge in [0.05, 0.1) is 0 Å². The van der Waals surface area contributed by atoms with E-state index >= 15 is 0 Å². The number of anilines is 6. The molecule has 0 unspecified atom stereocenters. The van der Waals surface area contributed by atoms with Crippen LogP contribution in [-0.4, -0.2) is 4.98 Å². The summed E-state index contributed by atoms with van der Waals surface area (Å²) in [4.78, 5) is 3.32. The van der Waals surface area contributed by atoms with Crippen molar-refractivity contribution in [1.82, 2.24) is 4.98 Å². The van der Waals surface area contributed by atoms with Crippen molar-refractivity contribution in [1.29, 1.82) is 0 Å². The summed E-state index contributed by atoms with van der Waals surface area (Å²) in [5, 5.41) is 16.4. The van der Waals surface area contributed by atoms with Gasteiger partial charge in [-0.3, -0.25) is 0 Å². The molecule has 11 aromatic rings. The first kappa shape index (κ1) is 30.0. The van der Waals surface area contributed by atoms with Gasteiger partial charge in [-0.1, -0.05) is 72.8 Å². The first-order valence-corrected chi connectivity index (χ1v) is 16.7. The van der Waals surface area contributed by atoms with Crippen molar-refractivity contribution in [3.05, 3.63) is 133 Å². The number of benzene rings is 10. The van der Waals surface area contributed by atoms with Gasteiger partial charge in [-0.2, -0.15) is 0 Å². The molecule has 0 radical (unpaired) electrons. The van der Waals surface area contributed by atoms with E-state index in [0.29, 0.717) is 0 Å². The summed E-state index contributed by atoms with van der Waals surface area (Å²) in [6.45, 7) is 0. The van der Waals surface area contributed by atoms with Crippen LogP contribution < -0.4 is 34.4 Å². The van der Waals surface area contributed by atoms with E-state index in [9.17, 15) is 0 Å². The molecule has 0 atom stereocenters. The monoisotopic (exact) mass is 661 g/mol. The fourth-order valence-corrected chi connectivity index (χ4v) is 7.62. The number of H-pyrrole nitrogens is 1. The maximum Gasteiger partial charge on any atom is 0.0466 e. The Kier molecular flexibility index (Phi) is 6.59. The largest absolute Gasteiger partial charge is 0.399 e. The Labute approximate surface area is 292 Å². The zero-order valence-electron chi connectivity index (χ0n) is 27.7. The average Bonchev–Trinajstić information content (AvgIpc) is 3.50. The van der Waals surface area contributed by atoms with Gasteiger partial charge in [-0.25, -0.2) is 0 Å². The van der Waals surface area contributed by atoms with Gasteiger partial charge in [0.15, 0.2) is 0 Å². The number of fused-ring (bicyclic) bond motifs is 3. The van der Waals surface area contributed by atoms with Crippen LogP contribution in [0.2, 0.25) is 0 Å². The van der Waals surface area contributed by atoms with Crippen LogP contribution >= 0.6 is 0 Å². The molecule has 246 valence electrons. The minimum atomic E-state index is 0.769. The van der Waals surface area contributed by atoms with Crippen LogP contribution in [0.3, 0.4) is 0 Å². The molecule has 0 spiro atoms. The van der Waals surface area contributed by atoms with Gasteiger partial charge >= 0.3 is 0 Å². The molecule has 0 saturated heterocycles. The summed E-state index contributed by atoms with van der Waals surface area (Å²) < 4.78 is 0. The second-order valence-electron chi connectivity index (χ2n) is 13.2. The van der Waals surface area contributed by atoms with E-state index in [1.54, 1.807) is 0 Å². The second-order valence-corrected chi connectivity index (χ2v) is 13.2. The maximum absolute atomic E-state index is 6.07. The number of hydrogen-bond acceptors (Lipinski definition) is 6. The molecule has 1 aromatic heterocycles. The lowest BCUT2D eigenvalue weighted by atomic mass is 9.93. The Morgan fingerprint density at radius 2 is 0.549 bits per heavy atom. The standard InChI is InChI=1S/2C16H12N2.C12H11N3/c17-13-8-4-10-2-6-12-14(18)7-3-9-1-5-11(13)16(10)15(9)12;17-13-7-3-9-1-2-10-4-8-14(18)12-6-5-11(13)15(9)16(10)12;13-7-1-3-11-9(5-7)10-6-8(14)2-4-12(10)15-11/h2*1-8H,17-18H2;1-6,15H,13-14H2. The highest BCUT2D eigenvalue weighted by Crippen LogP contribution is 2.40. The first-order chi connectivity index (χ1) is 24.7. The molecular weight excluding hydrogens is 627 g/mol. The summed E-state index contributed by atoms with van der Waals surface area (Å²) in [6, 6.07) is 44.6. The normalized spacial score (nSPS) is 11.6. The molecular formula is C44H35N7. The molecule has 7 heteroatoms. The fourth-order valence-electron chi connectivity index (χ4n) is 7.62. The molecule has 7 nitrogen and oxygen atoms in total. The molecule has 0 fully saturated rings. The van der Waals surface area contributed by atoms with E-state index in [-0.39, 0.29) is 0 Å². The zero-order valence-corrected chi connectivity index (χ0v) is 27.7.